The summed E-state index contributed by atoms with van der Waals surface area (Å²) in [5.74, 6) is 0.473. The van der Waals surface area contributed by atoms with E-state index in [9.17, 15) is 27.9 Å². The highest BCUT2D eigenvalue weighted by molar-refractivity contribution is 7.98. The van der Waals surface area contributed by atoms with Crippen molar-refractivity contribution in [2.24, 2.45) is 0 Å². The van der Waals surface area contributed by atoms with E-state index in [1.54, 1.807) is 47.0 Å². The highest BCUT2D eigenvalue weighted by atomic mass is 32.2. The van der Waals surface area contributed by atoms with Gasteiger partial charge in [-0.05, 0) is 68.8 Å². The minimum atomic E-state index is -4.42. The zero-order chi connectivity index (χ0) is 33.8. The number of thiazole rings is 1. The summed E-state index contributed by atoms with van der Waals surface area (Å²) in [4.78, 5) is 34.9. The molecule has 248 valence electrons. The number of hydrogen-bond donors (Lipinski definition) is 1. The van der Waals surface area contributed by atoms with E-state index in [2.05, 4.69) is 4.90 Å². The van der Waals surface area contributed by atoms with E-state index >= 15 is 0 Å². The number of halogens is 3. The van der Waals surface area contributed by atoms with Gasteiger partial charge in [-0.15, -0.1) is 23.1 Å². The standard InChI is InChI=1S/C34H34F3N3O5S2/c1-22-19-26(13-14-28(22)45-33(2,3)31(41)42)46-21-29-27(38-30(47-29)23-9-11-24(12-10-23)34(35,36)37)20-39-15-17-40(18-16-39)32(43)44-25-7-5-4-6-8-25/h4-14,19H,15-18,20-21H2,1-3H3,(H,41,42). The van der Waals surface area contributed by atoms with Crippen LogP contribution in [0.2, 0.25) is 0 Å². The maximum atomic E-state index is 13.2. The van der Waals surface area contributed by atoms with Crippen molar-refractivity contribution in [1.29, 1.82) is 0 Å². The van der Waals surface area contributed by atoms with Crippen molar-refractivity contribution in [3.63, 3.8) is 0 Å². The number of para-hydroxylation sites is 1. The normalized spacial score (nSPS) is 14.2. The molecule has 0 spiro atoms. The lowest BCUT2D eigenvalue weighted by molar-refractivity contribution is -0.152. The van der Waals surface area contributed by atoms with E-state index in [1.165, 1.54) is 37.3 Å². The number of carbonyl (C=O) groups excluding carboxylic acids is 1. The molecule has 1 aliphatic rings. The minimum Gasteiger partial charge on any atom is -0.478 e. The predicted octanol–water partition coefficient (Wildman–Crippen LogP) is 7.99. The monoisotopic (exact) mass is 685 g/mol. The Labute approximate surface area is 279 Å². The summed E-state index contributed by atoms with van der Waals surface area (Å²) < 4.78 is 50.7. The molecular formula is C34H34F3N3O5S2. The lowest BCUT2D eigenvalue weighted by Crippen LogP contribution is -2.49. The van der Waals surface area contributed by atoms with Crippen LogP contribution in [0.1, 0.15) is 35.5 Å². The van der Waals surface area contributed by atoms with Crippen LogP contribution in [-0.2, 0) is 23.3 Å². The number of nitrogens with zero attached hydrogens (tertiary/aromatic N) is 3. The number of thioether (sulfide) groups is 1. The Balaban J connectivity index is 1.29. The van der Waals surface area contributed by atoms with Gasteiger partial charge in [-0.25, -0.2) is 14.6 Å². The molecule has 3 aromatic carbocycles. The van der Waals surface area contributed by atoms with E-state index in [1.807, 2.05) is 25.1 Å². The number of aromatic nitrogens is 1. The Bertz CT molecular complexity index is 1700. The molecule has 13 heteroatoms. The van der Waals surface area contributed by atoms with Gasteiger partial charge in [-0.1, -0.05) is 30.3 Å². The van der Waals surface area contributed by atoms with Crippen molar-refractivity contribution in [2.45, 2.75) is 49.7 Å². The quantitative estimate of drug-likeness (QED) is 0.168. The summed E-state index contributed by atoms with van der Waals surface area (Å²) in [7, 11) is 0. The molecule has 8 nitrogen and oxygen atoms in total. The number of amides is 1. The number of aryl methyl sites for hydroxylation is 1. The summed E-state index contributed by atoms with van der Waals surface area (Å²) in [6, 6.07) is 19.5. The van der Waals surface area contributed by atoms with E-state index < -0.39 is 29.4 Å². The molecule has 0 bridgehead atoms. The smallest absolute Gasteiger partial charge is 0.416 e. The number of benzene rings is 3. The van der Waals surface area contributed by atoms with Crippen molar-refractivity contribution in [3.05, 3.63) is 94.5 Å². The van der Waals surface area contributed by atoms with E-state index in [0.717, 1.165) is 33.2 Å². The van der Waals surface area contributed by atoms with Gasteiger partial charge in [0.25, 0.3) is 0 Å². The van der Waals surface area contributed by atoms with Gasteiger partial charge in [-0.3, -0.25) is 4.90 Å². The molecule has 0 atom stereocenters. The number of alkyl halides is 3. The van der Waals surface area contributed by atoms with Crippen LogP contribution < -0.4 is 9.47 Å². The Kier molecular flexibility index (Phi) is 10.5. The van der Waals surface area contributed by atoms with Gasteiger partial charge in [0.15, 0.2) is 5.60 Å². The fourth-order valence-electron chi connectivity index (χ4n) is 4.79. The van der Waals surface area contributed by atoms with Crippen molar-refractivity contribution < 1.29 is 37.3 Å². The largest absolute Gasteiger partial charge is 0.478 e. The summed E-state index contributed by atoms with van der Waals surface area (Å²) in [5, 5.41) is 10.0. The Morgan fingerprint density at radius 3 is 2.28 bits per heavy atom. The van der Waals surface area contributed by atoms with Crippen LogP contribution in [-0.4, -0.2) is 63.7 Å². The van der Waals surface area contributed by atoms with Gasteiger partial charge in [0.2, 0.25) is 0 Å². The van der Waals surface area contributed by atoms with Crippen molar-refractivity contribution in [3.8, 4) is 22.1 Å². The first-order valence-corrected chi connectivity index (χ1v) is 16.6. The molecule has 1 fully saturated rings. The third-order valence-corrected chi connectivity index (χ3v) is 9.94. The van der Waals surface area contributed by atoms with Gasteiger partial charge in [-0.2, -0.15) is 13.2 Å². The maximum absolute atomic E-state index is 13.2. The third kappa shape index (κ3) is 8.85. The second-order valence-corrected chi connectivity index (χ2v) is 13.7. The Morgan fingerprint density at radius 1 is 0.979 bits per heavy atom. The van der Waals surface area contributed by atoms with Gasteiger partial charge in [0.1, 0.15) is 16.5 Å². The topological polar surface area (TPSA) is 92.2 Å². The van der Waals surface area contributed by atoms with Gasteiger partial charge >= 0.3 is 18.2 Å². The van der Waals surface area contributed by atoms with Crippen molar-refractivity contribution in [1.82, 2.24) is 14.8 Å². The van der Waals surface area contributed by atoms with Gasteiger partial charge in [0, 0.05) is 53.8 Å². The van der Waals surface area contributed by atoms with E-state index in [0.29, 0.717) is 60.5 Å². The van der Waals surface area contributed by atoms with E-state index in [-0.39, 0.29) is 0 Å². The average Bonchev–Trinajstić information content (AvgIpc) is 3.44. The molecule has 1 aliphatic heterocycles. The highest BCUT2D eigenvalue weighted by Gasteiger charge is 2.31. The van der Waals surface area contributed by atoms with E-state index in [4.69, 9.17) is 14.5 Å². The molecule has 47 heavy (non-hydrogen) atoms. The summed E-state index contributed by atoms with van der Waals surface area (Å²) >= 11 is 3.02. The molecule has 0 saturated carbocycles. The molecule has 5 rings (SSSR count). The number of piperazine rings is 1. The van der Waals surface area contributed by atoms with Crippen LogP contribution in [0.3, 0.4) is 0 Å². The van der Waals surface area contributed by atoms with Crippen LogP contribution in [0, 0.1) is 6.92 Å². The van der Waals surface area contributed by atoms with Crippen LogP contribution in [0.5, 0.6) is 11.5 Å². The molecule has 1 saturated heterocycles. The van der Waals surface area contributed by atoms with Crippen LogP contribution >= 0.6 is 23.1 Å². The summed E-state index contributed by atoms with van der Waals surface area (Å²) in [6.45, 7) is 7.54. The zero-order valence-corrected chi connectivity index (χ0v) is 27.7. The highest BCUT2D eigenvalue weighted by Crippen LogP contribution is 2.37. The maximum Gasteiger partial charge on any atom is 0.416 e. The number of carboxylic acid groups (broad SMARTS) is 1. The molecule has 0 unspecified atom stereocenters. The SMILES string of the molecule is Cc1cc(SCc2sc(-c3ccc(C(F)(F)F)cc3)nc2CN2CCN(C(=O)Oc3ccccc3)CC2)ccc1OC(C)(C)C(=O)O. The lowest BCUT2D eigenvalue weighted by atomic mass is 10.1. The predicted molar refractivity (Wildman–Crippen MR) is 175 cm³/mol. The fourth-order valence-corrected chi connectivity index (χ4v) is 6.97. The van der Waals surface area contributed by atoms with Gasteiger partial charge in [0.05, 0.1) is 11.3 Å². The Hall–Kier alpha value is -4.07. The first-order valence-electron chi connectivity index (χ1n) is 14.8. The summed E-state index contributed by atoms with van der Waals surface area (Å²) in [5.41, 5.74) is 0.138. The molecule has 0 radical (unpaired) electrons. The summed E-state index contributed by atoms with van der Waals surface area (Å²) in [6.07, 6.45) is -4.82. The lowest BCUT2D eigenvalue weighted by Gasteiger charge is -2.33. The first-order chi connectivity index (χ1) is 22.3. The average molecular weight is 686 g/mol. The third-order valence-electron chi connectivity index (χ3n) is 7.59. The fraction of sp³-hybridized carbons (Fsp3) is 0.324. The molecule has 1 N–H and O–H groups in total. The second kappa shape index (κ2) is 14.4. The van der Waals surface area contributed by atoms with Crippen LogP contribution in [0.25, 0.3) is 10.6 Å². The molecule has 1 aromatic heterocycles. The number of carbonyl (C=O) groups is 2. The van der Waals surface area contributed by atoms with Crippen LogP contribution in [0.15, 0.2) is 77.7 Å². The second-order valence-electron chi connectivity index (χ2n) is 11.5. The van der Waals surface area contributed by atoms with Crippen molar-refractivity contribution >= 4 is 35.2 Å². The zero-order valence-electron chi connectivity index (χ0n) is 26.0. The number of carboxylic acids is 1. The number of aliphatic carboxylic acids is 1. The molecule has 1 amide bonds. The molecule has 2 heterocycles. The van der Waals surface area contributed by atoms with Crippen LogP contribution in [0.4, 0.5) is 18.0 Å². The number of rotatable bonds is 10. The molecular weight excluding hydrogens is 652 g/mol. The number of ether oxygens (including phenoxy) is 2. The molecule has 4 aromatic rings. The minimum absolute atomic E-state index is 0.399. The Morgan fingerprint density at radius 2 is 1.66 bits per heavy atom. The van der Waals surface area contributed by atoms with Crippen molar-refractivity contribution in [2.75, 3.05) is 26.2 Å². The van der Waals surface area contributed by atoms with Gasteiger partial charge < -0.3 is 19.5 Å². The molecule has 0 aliphatic carbocycles. The first kappa shape index (κ1) is 34.3. The number of hydrogen-bond acceptors (Lipinski definition) is 8.